The number of thioether (sulfide) groups is 1. The van der Waals surface area contributed by atoms with Gasteiger partial charge in [0.2, 0.25) is 0 Å². The van der Waals surface area contributed by atoms with Gasteiger partial charge in [-0.05, 0) is 47.7 Å². The Kier molecular flexibility index (Phi) is 7.38. The summed E-state index contributed by atoms with van der Waals surface area (Å²) in [6, 6.07) is 12.2. The van der Waals surface area contributed by atoms with Crippen molar-refractivity contribution in [1.82, 2.24) is 4.90 Å². The Morgan fingerprint density at radius 2 is 2.00 bits per heavy atom. The van der Waals surface area contributed by atoms with Crippen molar-refractivity contribution in [3.8, 4) is 11.5 Å². The molecule has 31 heavy (non-hydrogen) atoms. The first-order valence-corrected chi connectivity index (χ1v) is 10.3. The van der Waals surface area contributed by atoms with Crippen LogP contribution in [0.15, 0.2) is 60.0 Å². The number of para-hydroxylation sites is 1. The molecule has 2 aromatic carbocycles. The average Bonchev–Trinajstić information content (AvgIpc) is 3.01. The van der Waals surface area contributed by atoms with Gasteiger partial charge >= 0.3 is 0 Å². The molecule has 1 saturated heterocycles. The first-order valence-electron chi connectivity index (χ1n) is 9.14. The third kappa shape index (κ3) is 5.48. The van der Waals surface area contributed by atoms with Crippen molar-refractivity contribution < 1.29 is 23.9 Å². The van der Waals surface area contributed by atoms with Gasteiger partial charge in [0.15, 0.2) is 18.1 Å². The normalized spacial score (nSPS) is 14.6. The molecular weight excluding hydrogens is 440 g/mol. The second-order valence-corrected chi connectivity index (χ2v) is 7.72. The summed E-state index contributed by atoms with van der Waals surface area (Å²) in [5, 5.41) is 2.55. The number of anilines is 1. The van der Waals surface area contributed by atoms with E-state index < -0.39 is 5.91 Å². The molecule has 1 fully saturated rings. The number of rotatable bonds is 8. The Balaban J connectivity index is 1.74. The number of ether oxygens (including phenoxy) is 2. The highest BCUT2D eigenvalue weighted by Crippen LogP contribution is 2.39. The third-order valence-electron chi connectivity index (χ3n) is 4.14. The van der Waals surface area contributed by atoms with Crippen molar-refractivity contribution in [2.45, 2.75) is 0 Å². The lowest BCUT2D eigenvalue weighted by Gasteiger charge is -2.13. The Morgan fingerprint density at radius 1 is 1.26 bits per heavy atom. The molecule has 160 valence electrons. The summed E-state index contributed by atoms with van der Waals surface area (Å²) in [6.07, 6.45) is 3.04. The van der Waals surface area contributed by atoms with Crippen LogP contribution in [0.2, 0.25) is 5.02 Å². The molecule has 0 saturated carbocycles. The summed E-state index contributed by atoms with van der Waals surface area (Å²) in [5.74, 6) is -0.270. The van der Waals surface area contributed by atoms with E-state index in [0.717, 1.165) is 16.7 Å². The molecular formula is C22H19ClN2O5S. The minimum Gasteiger partial charge on any atom is -0.493 e. The Bertz CT molecular complexity index is 1060. The highest BCUT2D eigenvalue weighted by atomic mass is 35.5. The number of nitrogens with one attached hydrogen (secondary N) is 1. The van der Waals surface area contributed by atoms with E-state index in [-0.39, 0.29) is 45.7 Å². The standard InChI is InChI=1S/C22H19ClN2O5S/c1-3-9-25-21(27)18(31-22(25)28)12-14-10-16(23)20(17(11-14)29-2)30-13-19(26)24-15-7-5-4-6-8-15/h3-8,10-12H,1,9,13H2,2H3,(H,24,26)/b18-12+. The number of halogens is 1. The number of carbonyl (C=O) groups excluding carboxylic acids is 3. The summed E-state index contributed by atoms with van der Waals surface area (Å²) in [5.41, 5.74) is 1.20. The van der Waals surface area contributed by atoms with Crippen molar-refractivity contribution in [2.75, 3.05) is 25.6 Å². The van der Waals surface area contributed by atoms with Gasteiger partial charge in [0.1, 0.15) is 0 Å². The van der Waals surface area contributed by atoms with Crippen molar-refractivity contribution >= 4 is 52.2 Å². The van der Waals surface area contributed by atoms with Crippen molar-refractivity contribution in [3.63, 3.8) is 0 Å². The molecule has 1 aliphatic heterocycles. The van der Waals surface area contributed by atoms with Crippen LogP contribution in [0.1, 0.15) is 5.56 Å². The van der Waals surface area contributed by atoms with E-state index in [1.54, 1.807) is 42.5 Å². The number of imide groups is 1. The van der Waals surface area contributed by atoms with E-state index in [0.29, 0.717) is 11.3 Å². The van der Waals surface area contributed by atoms with E-state index >= 15 is 0 Å². The molecule has 1 N–H and O–H groups in total. The Hall–Kier alpha value is -3.23. The molecule has 0 spiro atoms. The summed E-state index contributed by atoms with van der Waals surface area (Å²) < 4.78 is 10.9. The second-order valence-electron chi connectivity index (χ2n) is 6.32. The fourth-order valence-corrected chi connectivity index (χ4v) is 3.88. The zero-order chi connectivity index (χ0) is 22.4. The number of methoxy groups -OCH3 is 1. The largest absolute Gasteiger partial charge is 0.493 e. The average molecular weight is 459 g/mol. The zero-order valence-electron chi connectivity index (χ0n) is 16.6. The maximum atomic E-state index is 12.4. The molecule has 1 heterocycles. The number of nitrogens with zero attached hydrogens (tertiary/aromatic N) is 1. The van der Waals surface area contributed by atoms with Crippen molar-refractivity contribution in [2.24, 2.45) is 0 Å². The van der Waals surface area contributed by atoms with Crippen LogP contribution >= 0.6 is 23.4 Å². The lowest BCUT2D eigenvalue weighted by atomic mass is 10.1. The van der Waals surface area contributed by atoms with Crippen LogP contribution in [0, 0.1) is 0 Å². The third-order valence-corrected chi connectivity index (χ3v) is 5.33. The van der Waals surface area contributed by atoms with Gasteiger partial charge in [-0.3, -0.25) is 19.3 Å². The van der Waals surface area contributed by atoms with Gasteiger partial charge < -0.3 is 14.8 Å². The summed E-state index contributed by atoms with van der Waals surface area (Å²) >= 11 is 7.18. The second kappa shape index (κ2) is 10.2. The zero-order valence-corrected chi connectivity index (χ0v) is 18.2. The molecule has 0 aliphatic carbocycles. The fourth-order valence-electron chi connectivity index (χ4n) is 2.76. The number of carbonyl (C=O) groups is 3. The van der Waals surface area contributed by atoms with Crippen LogP contribution in [-0.4, -0.2) is 42.2 Å². The smallest absolute Gasteiger partial charge is 0.293 e. The van der Waals surface area contributed by atoms with Gasteiger partial charge in [-0.15, -0.1) is 6.58 Å². The molecule has 0 aromatic heterocycles. The maximum Gasteiger partial charge on any atom is 0.293 e. The van der Waals surface area contributed by atoms with Crippen LogP contribution < -0.4 is 14.8 Å². The molecule has 0 atom stereocenters. The topological polar surface area (TPSA) is 84.9 Å². The number of hydrogen-bond acceptors (Lipinski definition) is 6. The SMILES string of the molecule is C=CCN1C(=O)S/C(=C/c2cc(Cl)c(OCC(=O)Nc3ccccc3)c(OC)c2)C1=O. The molecule has 2 aromatic rings. The van der Waals surface area contributed by atoms with Crippen LogP contribution in [0.25, 0.3) is 6.08 Å². The van der Waals surface area contributed by atoms with Crippen molar-refractivity contribution in [3.05, 3.63) is 70.6 Å². The lowest BCUT2D eigenvalue weighted by Crippen LogP contribution is -2.27. The monoisotopic (exact) mass is 458 g/mol. The summed E-state index contributed by atoms with van der Waals surface area (Å²) in [4.78, 5) is 37.8. The Morgan fingerprint density at radius 3 is 2.68 bits per heavy atom. The van der Waals surface area contributed by atoms with E-state index in [1.165, 1.54) is 13.2 Å². The van der Waals surface area contributed by atoms with Gasteiger partial charge in [0.25, 0.3) is 17.1 Å². The number of benzene rings is 2. The molecule has 3 rings (SSSR count). The highest BCUT2D eigenvalue weighted by molar-refractivity contribution is 8.18. The Labute approximate surface area is 188 Å². The number of hydrogen-bond donors (Lipinski definition) is 1. The fraction of sp³-hybridized carbons (Fsp3) is 0.136. The molecule has 3 amide bonds. The molecule has 1 aliphatic rings. The molecule has 0 unspecified atom stereocenters. The van der Waals surface area contributed by atoms with Crippen LogP contribution in [0.4, 0.5) is 10.5 Å². The predicted octanol–water partition coefficient (Wildman–Crippen LogP) is 4.59. The van der Waals surface area contributed by atoms with Gasteiger partial charge in [0.05, 0.1) is 17.0 Å². The summed E-state index contributed by atoms with van der Waals surface area (Å²) in [6.45, 7) is 3.42. The highest BCUT2D eigenvalue weighted by Gasteiger charge is 2.34. The summed E-state index contributed by atoms with van der Waals surface area (Å²) in [7, 11) is 1.43. The van der Waals surface area contributed by atoms with Crippen LogP contribution in [0.5, 0.6) is 11.5 Å². The first kappa shape index (κ1) is 22.5. The van der Waals surface area contributed by atoms with Gasteiger partial charge in [-0.25, -0.2) is 0 Å². The van der Waals surface area contributed by atoms with E-state index in [2.05, 4.69) is 11.9 Å². The lowest BCUT2D eigenvalue weighted by molar-refractivity contribution is -0.122. The van der Waals surface area contributed by atoms with E-state index in [1.807, 2.05) is 6.07 Å². The number of amides is 3. The minimum atomic E-state index is -0.400. The predicted molar refractivity (Wildman–Crippen MR) is 121 cm³/mol. The van der Waals surface area contributed by atoms with E-state index in [4.69, 9.17) is 21.1 Å². The van der Waals surface area contributed by atoms with E-state index in [9.17, 15) is 14.4 Å². The molecule has 7 nitrogen and oxygen atoms in total. The molecule has 9 heteroatoms. The van der Waals surface area contributed by atoms with Gasteiger partial charge in [-0.1, -0.05) is 35.9 Å². The molecule has 0 bridgehead atoms. The quantitative estimate of drug-likeness (QED) is 0.460. The molecule has 0 radical (unpaired) electrons. The first-order chi connectivity index (χ1) is 14.9. The van der Waals surface area contributed by atoms with Crippen LogP contribution in [0.3, 0.4) is 0 Å². The maximum absolute atomic E-state index is 12.4. The van der Waals surface area contributed by atoms with Gasteiger partial charge in [0, 0.05) is 12.2 Å². The van der Waals surface area contributed by atoms with Crippen molar-refractivity contribution in [1.29, 1.82) is 0 Å². The van der Waals surface area contributed by atoms with Crippen LogP contribution in [-0.2, 0) is 9.59 Å². The van der Waals surface area contributed by atoms with Gasteiger partial charge in [-0.2, -0.15) is 0 Å². The minimum absolute atomic E-state index is 0.143.